The molecular weight excluding hydrogens is 340 g/mol. The van der Waals surface area contributed by atoms with Gasteiger partial charge in [-0.05, 0) is 36.8 Å². The lowest BCUT2D eigenvalue weighted by molar-refractivity contribution is -0.142. The number of nitrogens with zero attached hydrogens (tertiary/aromatic N) is 3. The van der Waals surface area contributed by atoms with Gasteiger partial charge in [-0.1, -0.05) is 6.07 Å². The molecule has 0 aliphatic heterocycles. The summed E-state index contributed by atoms with van der Waals surface area (Å²) in [7, 11) is 0. The van der Waals surface area contributed by atoms with Gasteiger partial charge in [-0.2, -0.15) is 0 Å². The SMILES string of the molecule is Cc1ccnc(Nc2cccc(-c3cnc(COCC(=O)O)s3)n2)c1. The van der Waals surface area contributed by atoms with Gasteiger partial charge in [-0.25, -0.2) is 19.7 Å². The molecule has 7 nitrogen and oxygen atoms in total. The largest absolute Gasteiger partial charge is 0.480 e. The highest BCUT2D eigenvalue weighted by atomic mass is 32.1. The monoisotopic (exact) mass is 356 g/mol. The zero-order chi connectivity index (χ0) is 17.6. The fourth-order valence-corrected chi connectivity index (χ4v) is 2.92. The maximum atomic E-state index is 10.5. The van der Waals surface area contributed by atoms with E-state index in [-0.39, 0.29) is 13.2 Å². The minimum absolute atomic E-state index is 0.169. The number of pyridine rings is 2. The Morgan fingerprint density at radius 2 is 2.16 bits per heavy atom. The molecule has 0 bridgehead atoms. The average Bonchev–Trinajstić information content (AvgIpc) is 3.04. The van der Waals surface area contributed by atoms with Crippen LogP contribution in [0.1, 0.15) is 10.6 Å². The third-order valence-corrected chi connectivity index (χ3v) is 4.17. The molecule has 0 aliphatic carbocycles. The van der Waals surface area contributed by atoms with Crippen molar-refractivity contribution in [1.29, 1.82) is 0 Å². The number of hydrogen-bond donors (Lipinski definition) is 2. The number of anilines is 2. The number of hydrogen-bond acceptors (Lipinski definition) is 7. The van der Waals surface area contributed by atoms with Gasteiger partial charge in [0.1, 0.15) is 23.3 Å². The zero-order valence-corrected chi connectivity index (χ0v) is 14.3. The third kappa shape index (κ3) is 4.82. The van der Waals surface area contributed by atoms with Crippen LogP contribution < -0.4 is 5.32 Å². The molecule has 3 heterocycles. The number of carboxylic acid groups (broad SMARTS) is 1. The van der Waals surface area contributed by atoms with Crippen LogP contribution >= 0.6 is 11.3 Å². The zero-order valence-electron chi connectivity index (χ0n) is 13.5. The van der Waals surface area contributed by atoms with E-state index in [9.17, 15) is 4.79 Å². The van der Waals surface area contributed by atoms with Gasteiger partial charge in [-0.3, -0.25) is 0 Å². The number of carboxylic acids is 1. The predicted molar refractivity (Wildman–Crippen MR) is 94.9 cm³/mol. The Kier molecular flexibility index (Phi) is 5.32. The molecule has 3 rings (SSSR count). The number of aryl methyl sites for hydroxylation is 1. The van der Waals surface area contributed by atoms with Crippen molar-refractivity contribution in [2.24, 2.45) is 0 Å². The molecule has 25 heavy (non-hydrogen) atoms. The molecule has 0 radical (unpaired) electrons. The van der Waals surface area contributed by atoms with Crippen LogP contribution in [-0.2, 0) is 16.1 Å². The maximum absolute atomic E-state index is 10.5. The van der Waals surface area contributed by atoms with E-state index in [0.717, 1.165) is 22.0 Å². The summed E-state index contributed by atoms with van der Waals surface area (Å²) in [6, 6.07) is 9.54. The number of ether oxygens (including phenoxy) is 1. The van der Waals surface area contributed by atoms with Crippen molar-refractivity contribution in [2.45, 2.75) is 13.5 Å². The Labute approximate surface area is 148 Å². The van der Waals surface area contributed by atoms with Crippen molar-refractivity contribution >= 4 is 28.9 Å². The van der Waals surface area contributed by atoms with E-state index in [1.807, 2.05) is 37.3 Å². The molecule has 0 fully saturated rings. The second-order valence-electron chi connectivity index (χ2n) is 5.26. The van der Waals surface area contributed by atoms with Crippen molar-refractivity contribution in [3.8, 4) is 10.6 Å². The molecule has 8 heteroatoms. The predicted octanol–water partition coefficient (Wildman–Crippen LogP) is 3.25. The molecule has 0 aliphatic rings. The summed E-state index contributed by atoms with van der Waals surface area (Å²) in [6.07, 6.45) is 3.45. The molecule has 3 aromatic rings. The summed E-state index contributed by atoms with van der Waals surface area (Å²) in [5.74, 6) is 0.423. The summed E-state index contributed by atoms with van der Waals surface area (Å²) in [4.78, 5) is 24.4. The molecular formula is C17H16N4O3S. The lowest BCUT2D eigenvalue weighted by Gasteiger charge is -2.06. The first kappa shape index (κ1) is 17.0. The number of nitrogens with one attached hydrogen (secondary N) is 1. The summed E-state index contributed by atoms with van der Waals surface area (Å²) in [5.41, 5.74) is 1.89. The second kappa shape index (κ2) is 7.82. The van der Waals surface area contributed by atoms with Gasteiger partial charge in [0.2, 0.25) is 0 Å². The summed E-state index contributed by atoms with van der Waals surface area (Å²) < 4.78 is 5.05. The molecule has 0 unspecified atom stereocenters. The number of thiazole rings is 1. The number of aromatic nitrogens is 3. The molecule has 0 spiro atoms. The Hall–Kier alpha value is -2.84. The van der Waals surface area contributed by atoms with Crippen molar-refractivity contribution in [3.05, 3.63) is 53.3 Å². The molecule has 128 valence electrons. The van der Waals surface area contributed by atoms with Crippen molar-refractivity contribution < 1.29 is 14.6 Å². The number of aliphatic carboxylic acids is 1. The maximum Gasteiger partial charge on any atom is 0.329 e. The topological polar surface area (TPSA) is 97.2 Å². The number of carbonyl (C=O) groups is 1. The first-order valence-corrected chi connectivity index (χ1v) is 8.33. The molecule has 3 aromatic heterocycles. The molecule has 0 atom stereocenters. The van der Waals surface area contributed by atoms with E-state index in [4.69, 9.17) is 9.84 Å². The Morgan fingerprint density at radius 3 is 2.96 bits per heavy atom. The molecule has 2 N–H and O–H groups in total. The first-order chi connectivity index (χ1) is 12.1. The van der Waals surface area contributed by atoms with E-state index in [0.29, 0.717) is 10.8 Å². The average molecular weight is 356 g/mol. The highest BCUT2D eigenvalue weighted by molar-refractivity contribution is 7.15. The Balaban J connectivity index is 1.71. The van der Waals surface area contributed by atoms with Crippen LogP contribution in [0.25, 0.3) is 10.6 Å². The van der Waals surface area contributed by atoms with Crippen molar-refractivity contribution in [1.82, 2.24) is 15.0 Å². The lowest BCUT2D eigenvalue weighted by atomic mass is 10.3. The Bertz CT molecular complexity index is 882. The van der Waals surface area contributed by atoms with Gasteiger partial charge in [0, 0.05) is 12.4 Å². The normalized spacial score (nSPS) is 10.6. The van der Waals surface area contributed by atoms with E-state index >= 15 is 0 Å². The van der Waals surface area contributed by atoms with Crippen LogP contribution in [0.4, 0.5) is 11.6 Å². The van der Waals surface area contributed by atoms with Crippen LogP contribution in [0.5, 0.6) is 0 Å². The molecule has 0 aromatic carbocycles. The van der Waals surface area contributed by atoms with E-state index in [2.05, 4.69) is 20.3 Å². The summed E-state index contributed by atoms with van der Waals surface area (Å²) in [5, 5.41) is 12.5. The van der Waals surface area contributed by atoms with E-state index in [1.165, 1.54) is 11.3 Å². The fourth-order valence-electron chi connectivity index (χ4n) is 2.10. The van der Waals surface area contributed by atoms with Gasteiger partial charge in [0.15, 0.2) is 0 Å². The number of rotatable bonds is 7. The summed E-state index contributed by atoms with van der Waals surface area (Å²) >= 11 is 1.42. The first-order valence-electron chi connectivity index (χ1n) is 7.51. The Morgan fingerprint density at radius 1 is 1.28 bits per heavy atom. The van der Waals surface area contributed by atoms with Gasteiger partial charge in [0.25, 0.3) is 0 Å². The standard InChI is InChI=1S/C17H16N4O3S/c1-11-5-6-18-15(7-11)21-14-4-2-3-12(20-14)13-8-19-16(25-13)9-24-10-17(22)23/h2-8H,9-10H2,1H3,(H,22,23)(H,18,20,21). The lowest BCUT2D eigenvalue weighted by Crippen LogP contribution is -2.06. The van der Waals surface area contributed by atoms with E-state index in [1.54, 1.807) is 12.4 Å². The van der Waals surface area contributed by atoms with Crippen molar-refractivity contribution in [3.63, 3.8) is 0 Å². The minimum atomic E-state index is -0.998. The van der Waals surface area contributed by atoms with Gasteiger partial charge < -0.3 is 15.2 Å². The van der Waals surface area contributed by atoms with Gasteiger partial charge in [0.05, 0.1) is 17.2 Å². The highest BCUT2D eigenvalue weighted by Gasteiger charge is 2.08. The van der Waals surface area contributed by atoms with Crippen LogP contribution in [0.3, 0.4) is 0 Å². The second-order valence-corrected chi connectivity index (χ2v) is 6.37. The van der Waals surface area contributed by atoms with Gasteiger partial charge >= 0.3 is 5.97 Å². The van der Waals surface area contributed by atoms with Crippen molar-refractivity contribution in [2.75, 3.05) is 11.9 Å². The van der Waals surface area contributed by atoms with Crippen LogP contribution in [0, 0.1) is 6.92 Å². The smallest absolute Gasteiger partial charge is 0.329 e. The quantitative estimate of drug-likeness (QED) is 0.670. The van der Waals surface area contributed by atoms with Crippen LogP contribution in [0.2, 0.25) is 0 Å². The summed E-state index contributed by atoms with van der Waals surface area (Å²) in [6.45, 7) is 1.83. The minimum Gasteiger partial charge on any atom is -0.480 e. The van der Waals surface area contributed by atoms with Gasteiger partial charge in [-0.15, -0.1) is 11.3 Å². The van der Waals surface area contributed by atoms with Crippen LogP contribution in [-0.4, -0.2) is 32.6 Å². The molecule has 0 amide bonds. The molecule has 0 saturated heterocycles. The molecule has 0 saturated carbocycles. The highest BCUT2D eigenvalue weighted by Crippen LogP contribution is 2.26. The third-order valence-electron chi connectivity index (χ3n) is 3.18. The fraction of sp³-hybridized carbons (Fsp3) is 0.176. The van der Waals surface area contributed by atoms with Crippen LogP contribution in [0.15, 0.2) is 42.7 Å². The van der Waals surface area contributed by atoms with E-state index < -0.39 is 5.97 Å².